The van der Waals surface area contributed by atoms with Crippen LogP contribution in [0.5, 0.6) is 11.5 Å². The van der Waals surface area contributed by atoms with Gasteiger partial charge in [-0.1, -0.05) is 59.6 Å². The Labute approximate surface area is 267 Å². The van der Waals surface area contributed by atoms with Gasteiger partial charge in [0.25, 0.3) is 11.8 Å². The first-order chi connectivity index (χ1) is 21.7. The SMILES string of the molecule is COC(=O)c1ccc(C(=O)Nc2cc(Cl)ccc2Cl)cc1/N=N/c1c(O)c(C(=O)Nc2ccccc2OC)cc2ccccc12. The number of esters is 1. The molecule has 226 valence electrons. The summed E-state index contributed by atoms with van der Waals surface area (Å²) in [5.74, 6) is -1.92. The van der Waals surface area contributed by atoms with E-state index in [1.54, 1.807) is 60.7 Å². The summed E-state index contributed by atoms with van der Waals surface area (Å²) >= 11 is 12.2. The molecule has 0 fully saturated rings. The van der Waals surface area contributed by atoms with Gasteiger partial charge in [-0.25, -0.2) is 4.79 Å². The zero-order chi connectivity index (χ0) is 32.1. The van der Waals surface area contributed by atoms with Crippen LogP contribution in [0.1, 0.15) is 31.1 Å². The van der Waals surface area contributed by atoms with E-state index in [0.717, 1.165) is 0 Å². The minimum absolute atomic E-state index is 0.00690. The maximum atomic E-state index is 13.3. The van der Waals surface area contributed by atoms with Gasteiger partial charge in [-0.2, -0.15) is 0 Å². The lowest BCUT2D eigenvalue weighted by atomic mass is 10.0. The van der Waals surface area contributed by atoms with Gasteiger partial charge in [0.05, 0.1) is 41.7 Å². The number of carbonyl (C=O) groups excluding carboxylic acids is 3. The average Bonchev–Trinajstić information content (AvgIpc) is 3.05. The standard InChI is InChI=1S/C33H24Cl2N4O6/c1-44-28-10-6-5-9-25(28)36-32(42)23-15-18-7-3-4-8-21(18)29(30(23)40)39-38-26-16-19(11-13-22(26)33(43)45-2)31(41)37-27-17-20(34)12-14-24(27)35/h3-17,40H,1-2H3,(H,36,42)(H,37,41)/b39-38+. The number of hydrogen-bond acceptors (Lipinski definition) is 8. The number of para-hydroxylation sites is 2. The number of ether oxygens (including phenoxy) is 2. The fraction of sp³-hybridized carbons (Fsp3) is 0.0606. The number of nitrogens with zero attached hydrogens (tertiary/aromatic N) is 2. The van der Waals surface area contributed by atoms with E-state index in [1.807, 2.05) is 0 Å². The lowest BCUT2D eigenvalue weighted by Gasteiger charge is -2.13. The van der Waals surface area contributed by atoms with Gasteiger partial charge in [-0.3, -0.25) is 9.59 Å². The first kappa shape index (κ1) is 31.0. The van der Waals surface area contributed by atoms with Crippen molar-refractivity contribution in [3.05, 3.63) is 118 Å². The fourth-order valence-corrected chi connectivity index (χ4v) is 4.80. The summed E-state index contributed by atoms with van der Waals surface area (Å²) in [6, 6.07) is 24.1. The topological polar surface area (TPSA) is 139 Å². The number of phenolic OH excluding ortho intramolecular Hbond substituents is 1. The van der Waals surface area contributed by atoms with Gasteiger partial charge in [0.1, 0.15) is 17.1 Å². The molecule has 0 saturated carbocycles. The smallest absolute Gasteiger partial charge is 0.340 e. The van der Waals surface area contributed by atoms with E-state index in [9.17, 15) is 19.5 Å². The maximum absolute atomic E-state index is 13.3. The molecule has 5 rings (SSSR count). The number of halogens is 2. The van der Waals surface area contributed by atoms with E-state index >= 15 is 0 Å². The molecule has 0 aliphatic carbocycles. The number of nitrogens with one attached hydrogen (secondary N) is 2. The first-order valence-electron chi connectivity index (χ1n) is 13.3. The third-order valence-electron chi connectivity index (χ3n) is 6.69. The van der Waals surface area contributed by atoms with Crippen LogP contribution in [0.3, 0.4) is 0 Å². The third-order valence-corrected chi connectivity index (χ3v) is 7.26. The zero-order valence-electron chi connectivity index (χ0n) is 23.8. The summed E-state index contributed by atoms with van der Waals surface area (Å²) in [5.41, 5.74) is 0.674. The molecule has 10 nitrogen and oxygen atoms in total. The summed E-state index contributed by atoms with van der Waals surface area (Å²) in [6.45, 7) is 0. The number of anilines is 2. The number of benzene rings is 5. The molecule has 0 saturated heterocycles. The van der Waals surface area contributed by atoms with E-state index in [2.05, 4.69) is 20.9 Å². The van der Waals surface area contributed by atoms with Crippen molar-refractivity contribution in [3.8, 4) is 11.5 Å². The molecule has 0 spiro atoms. The van der Waals surface area contributed by atoms with Crippen LogP contribution in [0, 0.1) is 0 Å². The molecule has 0 heterocycles. The number of carbonyl (C=O) groups is 3. The molecule has 5 aromatic carbocycles. The molecular formula is C33H24Cl2N4O6. The number of fused-ring (bicyclic) bond motifs is 1. The van der Waals surface area contributed by atoms with Crippen LogP contribution in [-0.2, 0) is 4.74 Å². The molecule has 2 amide bonds. The molecule has 3 N–H and O–H groups in total. The van der Waals surface area contributed by atoms with Crippen molar-refractivity contribution in [1.82, 2.24) is 0 Å². The number of hydrogen-bond donors (Lipinski definition) is 3. The van der Waals surface area contributed by atoms with Crippen LogP contribution in [0.2, 0.25) is 10.0 Å². The number of azo groups is 1. The van der Waals surface area contributed by atoms with E-state index in [4.69, 9.17) is 32.7 Å². The Morgan fingerprint density at radius 2 is 1.49 bits per heavy atom. The second-order valence-electron chi connectivity index (χ2n) is 9.50. The molecule has 0 unspecified atom stereocenters. The van der Waals surface area contributed by atoms with Crippen LogP contribution >= 0.6 is 23.2 Å². The number of aromatic hydroxyl groups is 1. The highest BCUT2D eigenvalue weighted by molar-refractivity contribution is 6.36. The van der Waals surface area contributed by atoms with Gasteiger partial charge in [0, 0.05) is 16.0 Å². The summed E-state index contributed by atoms with van der Waals surface area (Å²) in [5, 5.41) is 26.9. The minimum atomic E-state index is -0.729. The number of amides is 2. The fourth-order valence-electron chi connectivity index (χ4n) is 4.46. The lowest BCUT2D eigenvalue weighted by Crippen LogP contribution is -2.13. The van der Waals surface area contributed by atoms with Crippen LogP contribution in [-0.4, -0.2) is 37.1 Å². The Bertz CT molecular complexity index is 2000. The Morgan fingerprint density at radius 1 is 0.756 bits per heavy atom. The molecule has 0 aromatic heterocycles. The van der Waals surface area contributed by atoms with Crippen molar-refractivity contribution in [3.63, 3.8) is 0 Å². The van der Waals surface area contributed by atoms with Crippen molar-refractivity contribution in [1.29, 1.82) is 0 Å². The second kappa shape index (κ2) is 13.5. The largest absolute Gasteiger partial charge is 0.505 e. The highest BCUT2D eigenvalue weighted by atomic mass is 35.5. The molecule has 0 radical (unpaired) electrons. The van der Waals surface area contributed by atoms with Gasteiger partial charge in [-0.15, -0.1) is 10.2 Å². The monoisotopic (exact) mass is 642 g/mol. The normalized spacial score (nSPS) is 10.9. The Hall–Kier alpha value is -5.45. The zero-order valence-corrected chi connectivity index (χ0v) is 25.3. The van der Waals surface area contributed by atoms with Crippen LogP contribution in [0.25, 0.3) is 10.8 Å². The predicted octanol–water partition coefficient (Wildman–Crippen LogP) is 8.57. The van der Waals surface area contributed by atoms with Gasteiger partial charge in [0.2, 0.25) is 0 Å². The summed E-state index contributed by atoms with van der Waals surface area (Å²) in [6.07, 6.45) is 0. The van der Waals surface area contributed by atoms with Crippen molar-refractivity contribution >= 4 is 74.5 Å². The highest BCUT2D eigenvalue weighted by Gasteiger charge is 2.21. The third kappa shape index (κ3) is 6.72. The molecule has 0 aliphatic rings. The van der Waals surface area contributed by atoms with Gasteiger partial charge in [0.15, 0.2) is 5.75 Å². The van der Waals surface area contributed by atoms with E-state index < -0.39 is 23.5 Å². The summed E-state index contributed by atoms with van der Waals surface area (Å²) in [4.78, 5) is 39.0. The van der Waals surface area contributed by atoms with Crippen molar-refractivity contribution in [2.75, 3.05) is 24.9 Å². The van der Waals surface area contributed by atoms with Gasteiger partial charge in [-0.05, 0) is 60.0 Å². The van der Waals surface area contributed by atoms with Gasteiger partial charge < -0.3 is 25.2 Å². The number of methoxy groups -OCH3 is 2. The van der Waals surface area contributed by atoms with Gasteiger partial charge >= 0.3 is 5.97 Å². The second-order valence-corrected chi connectivity index (χ2v) is 10.3. The molecule has 45 heavy (non-hydrogen) atoms. The lowest BCUT2D eigenvalue weighted by molar-refractivity contribution is 0.0601. The molecule has 0 bridgehead atoms. The Kier molecular flexibility index (Phi) is 9.27. The molecular weight excluding hydrogens is 619 g/mol. The highest BCUT2D eigenvalue weighted by Crippen LogP contribution is 2.40. The molecule has 0 aliphatic heterocycles. The summed E-state index contributed by atoms with van der Waals surface area (Å²) < 4.78 is 10.2. The average molecular weight is 643 g/mol. The molecule has 12 heteroatoms. The quantitative estimate of drug-likeness (QED) is 0.114. The summed E-state index contributed by atoms with van der Waals surface area (Å²) in [7, 11) is 2.68. The number of rotatable bonds is 8. The van der Waals surface area contributed by atoms with Crippen LogP contribution in [0.4, 0.5) is 22.7 Å². The van der Waals surface area contributed by atoms with Crippen LogP contribution < -0.4 is 15.4 Å². The minimum Gasteiger partial charge on any atom is -0.505 e. The molecule has 5 aromatic rings. The van der Waals surface area contributed by atoms with Crippen molar-refractivity contribution in [2.45, 2.75) is 0 Å². The van der Waals surface area contributed by atoms with Crippen molar-refractivity contribution in [2.24, 2.45) is 10.2 Å². The number of phenols is 1. The van der Waals surface area contributed by atoms with E-state index in [-0.39, 0.29) is 38.8 Å². The Morgan fingerprint density at radius 3 is 2.27 bits per heavy atom. The predicted molar refractivity (Wildman–Crippen MR) is 173 cm³/mol. The molecule has 0 atom stereocenters. The van der Waals surface area contributed by atoms with E-state index in [1.165, 1.54) is 44.6 Å². The Balaban J connectivity index is 1.56. The first-order valence-corrected chi connectivity index (χ1v) is 14.0. The van der Waals surface area contributed by atoms with E-state index in [0.29, 0.717) is 27.2 Å². The van der Waals surface area contributed by atoms with Crippen LogP contribution in [0.15, 0.2) is 101 Å². The maximum Gasteiger partial charge on any atom is 0.340 e. The van der Waals surface area contributed by atoms with Crippen molar-refractivity contribution < 1.29 is 29.0 Å².